The fraction of sp³-hybridized carbons (Fsp3) is 0.818. The Morgan fingerprint density at radius 1 is 1.42 bits per heavy atom. The van der Waals surface area contributed by atoms with Crippen molar-refractivity contribution >= 4 is 10.0 Å². The van der Waals surface area contributed by atoms with Crippen LogP contribution in [0, 0.1) is 5.92 Å². The zero-order valence-electron chi connectivity index (χ0n) is 11.2. The smallest absolute Gasteiger partial charge is 0.273 e. The van der Waals surface area contributed by atoms with Crippen molar-refractivity contribution in [3.8, 4) is 0 Å². The van der Waals surface area contributed by atoms with E-state index in [-0.39, 0.29) is 11.1 Å². The molecular formula is C11H20N4O3S. The molecule has 0 radical (unpaired) electrons. The van der Waals surface area contributed by atoms with E-state index in [9.17, 15) is 8.42 Å². The number of hydrogen-bond acceptors (Lipinski definition) is 5. The van der Waals surface area contributed by atoms with Crippen molar-refractivity contribution in [2.45, 2.75) is 43.8 Å². The Labute approximate surface area is 113 Å². The first-order valence-corrected chi connectivity index (χ1v) is 7.94. The maximum Gasteiger partial charge on any atom is 0.273 e. The molecule has 0 amide bonds. The van der Waals surface area contributed by atoms with Gasteiger partial charge in [-0.15, -0.1) is 10.2 Å². The van der Waals surface area contributed by atoms with E-state index in [0.717, 1.165) is 19.3 Å². The maximum absolute atomic E-state index is 11.5. The van der Waals surface area contributed by atoms with Crippen molar-refractivity contribution in [2.24, 2.45) is 11.1 Å². The molecule has 2 N–H and O–H groups in total. The molecule has 0 spiro atoms. The van der Waals surface area contributed by atoms with Crippen LogP contribution in [-0.4, -0.2) is 36.9 Å². The molecule has 0 aliphatic heterocycles. The lowest BCUT2D eigenvalue weighted by Crippen LogP contribution is -2.22. The average Bonchev–Trinajstić information content (AvgIpc) is 2.90. The first-order valence-electron chi connectivity index (χ1n) is 6.40. The normalized spacial score (nSPS) is 23.9. The average molecular weight is 288 g/mol. The van der Waals surface area contributed by atoms with Crippen LogP contribution in [0.3, 0.4) is 0 Å². The molecule has 1 fully saturated rings. The second-order valence-electron chi connectivity index (χ2n) is 5.04. The molecular weight excluding hydrogens is 268 g/mol. The lowest BCUT2D eigenvalue weighted by molar-refractivity contribution is 0.182. The second-order valence-corrected chi connectivity index (χ2v) is 6.50. The van der Waals surface area contributed by atoms with Crippen LogP contribution in [0.1, 0.15) is 37.9 Å². The number of hydrogen-bond donors (Lipinski definition) is 1. The van der Waals surface area contributed by atoms with Gasteiger partial charge in [-0.2, -0.15) is 0 Å². The third-order valence-electron chi connectivity index (χ3n) is 3.71. The van der Waals surface area contributed by atoms with Gasteiger partial charge in [0.05, 0.1) is 6.61 Å². The van der Waals surface area contributed by atoms with Crippen LogP contribution in [0.25, 0.3) is 0 Å². The monoisotopic (exact) mass is 288 g/mol. The van der Waals surface area contributed by atoms with Gasteiger partial charge in [-0.25, -0.2) is 13.6 Å². The minimum Gasteiger partial charge on any atom is -0.383 e. The molecule has 1 heterocycles. The summed E-state index contributed by atoms with van der Waals surface area (Å²) in [5.41, 5.74) is 0. The zero-order valence-corrected chi connectivity index (χ0v) is 12.1. The molecule has 1 aliphatic rings. The first-order chi connectivity index (χ1) is 8.95. The number of methoxy groups -OCH3 is 1. The molecule has 0 bridgehead atoms. The Balaban J connectivity index is 2.40. The summed E-state index contributed by atoms with van der Waals surface area (Å²) in [5, 5.41) is 12.8. The summed E-state index contributed by atoms with van der Waals surface area (Å²) in [4.78, 5) is 0. The fourth-order valence-electron chi connectivity index (χ4n) is 2.71. The van der Waals surface area contributed by atoms with Crippen LogP contribution in [0.15, 0.2) is 5.16 Å². The Morgan fingerprint density at radius 2 is 2.16 bits per heavy atom. The van der Waals surface area contributed by atoms with Crippen LogP contribution in [0.2, 0.25) is 0 Å². The summed E-state index contributed by atoms with van der Waals surface area (Å²) in [5.74, 6) is 1.45. The highest BCUT2D eigenvalue weighted by Crippen LogP contribution is 2.38. The van der Waals surface area contributed by atoms with E-state index >= 15 is 0 Å². The van der Waals surface area contributed by atoms with Crippen LogP contribution in [0.4, 0.5) is 0 Å². The number of nitrogens with two attached hydrogens (primary N) is 1. The number of rotatable bonds is 5. The summed E-state index contributed by atoms with van der Waals surface area (Å²) in [6.45, 7) is 2.95. The van der Waals surface area contributed by atoms with Gasteiger partial charge < -0.3 is 4.74 Å². The molecule has 108 valence electrons. The molecule has 7 nitrogen and oxygen atoms in total. The van der Waals surface area contributed by atoms with Crippen molar-refractivity contribution < 1.29 is 13.2 Å². The van der Waals surface area contributed by atoms with Crippen LogP contribution >= 0.6 is 0 Å². The van der Waals surface area contributed by atoms with Gasteiger partial charge in [0.2, 0.25) is 0 Å². The van der Waals surface area contributed by atoms with Crippen molar-refractivity contribution in [1.82, 2.24) is 14.8 Å². The topological polar surface area (TPSA) is 100 Å². The molecule has 1 aliphatic carbocycles. The molecule has 2 rings (SSSR count). The fourth-order valence-corrected chi connectivity index (χ4v) is 3.35. The van der Waals surface area contributed by atoms with Crippen molar-refractivity contribution in [3.63, 3.8) is 0 Å². The maximum atomic E-state index is 11.5. The van der Waals surface area contributed by atoms with E-state index < -0.39 is 10.0 Å². The van der Waals surface area contributed by atoms with Gasteiger partial charge in [-0.05, 0) is 18.8 Å². The number of aromatic nitrogens is 3. The Bertz CT molecular complexity index is 540. The lowest BCUT2D eigenvalue weighted by Gasteiger charge is -2.16. The number of sulfonamides is 1. The summed E-state index contributed by atoms with van der Waals surface area (Å²) in [6.07, 6.45) is 3.27. The van der Waals surface area contributed by atoms with Gasteiger partial charge in [0, 0.05) is 19.6 Å². The highest BCUT2D eigenvalue weighted by molar-refractivity contribution is 7.89. The van der Waals surface area contributed by atoms with Gasteiger partial charge in [0.25, 0.3) is 15.2 Å². The Morgan fingerprint density at radius 3 is 2.68 bits per heavy atom. The summed E-state index contributed by atoms with van der Waals surface area (Å²) < 4.78 is 29.7. The van der Waals surface area contributed by atoms with Gasteiger partial charge in [0.1, 0.15) is 5.82 Å². The Kier molecular flexibility index (Phi) is 4.22. The van der Waals surface area contributed by atoms with Crippen LogP contribution in [0.5, 0.6) is 0 Å². The highest BCUT2D eigenvalue weighted by atomic mass is 32.2. The van der Waals surface area contributed by atoms with Gasteiger partial charge >= 0.3 is 0 Å². The van der Waals surface area contributed by atoms with Crippen molar-refractivity contribution in [2.75, 3.05) is 13.7 Å². The minimum absolute atomic E-state index is 0.168. The zero-order chi connectivity index (χ0) is 14.0. The van der Waals surface area contributed by atoms with Gasteiger partial charge in [0.15, 0.2) is 0 Å². The molecule has 1 saturated carbocycles. The standard InChI is InChI=1S/C11H20N4O3S/c1-8-4-3-5-9(8)10-13-14-11(19(12,16)17)15(10)6-7-18-2/h8-9H,3-7H2,1-2H3,(H2,12,16,17). The van der Waals surface area contributed by atoms with Crippen molar-refractivity contribution in [3.05, 3.63) is 5.82 Å². The van der Waals surface area contributed by atoms with E-state index in [1.807, 2.05) is 0 Å². The number of primary sulfonamides is 1. The molecule has 2 atom stereocenters. The van der Waals surface area contributed by atoms with E-state index in [2.05, 4.69) is 17.1 Å². The minimum atomic E-state index is -3.86. The predicted molar refractivity (Wildman–Crippen MR) is 69.0 cm³/mol. The predicted octanol–water partition coefficient (Wildman–Crippen LogP) is 0.476. The molecule has 1 aromatic rings. The molecule has 19 heavy (non-hydrogen) atoms. The quantitative estimate of drug-likeness (QED) is 0.849. The molecule has 1 aromatic heterocycles. The molecule has 2 unspecified atom stereocenters. The van der Waals surface area contributed by atoms with Crippen LogP contribution < -0.4 is 5.14 Å². The summed E-state index contributed by atoms with van der Waals surface area (Å²) in [7, 11) is -2.29. The van der Waals surface area contributed by atoms with Crippen LogP contribution in [-0.2, 0) is 21.3 Å². The molecule has 0 saturated heterocycles. The van der Waals surface area contributed by atoms with E-state index in [4.69, 9.17) is 9.88 Å². The second kappa shape index (κ2) is 5.56. The number of ether oxygens (including phenoxy) is 1. The van der Waals surface area contributed by atoms with E-state index in [1.165, 1.54) is 0 Å². The highest BCUT2D eigenvalue weighted by Gasteiger charge is 2.32. The number of nitrogens with zero attached hydrogens (tertiary/aromatic N) is 3. The van der Waals surface area contributed by atoms with Crippen molar-refractivity contribution in [1.29, 1.82) is 0 Å². The lowest BCUT2D eigenvalue weighted by atomic mass is 9.97. The summed E-state index contributed by atoms with van der Waals surface area (Å²) in [6, 6.07) is 0. The first kappa shape index (κ1) is 14.4. The SMILES string of the molecule is COCCn1c(C2CCCC2C)nnc1S(N)(=O)=O. The Hall–Kier alpha value is -0.990. The molecule has 0 aromatic carbocycles. The largest absolute Gasteiger partial charge is 0.383 e. The van der Waals surface area contributed by atoms with Gasteiger partial charge in [-0.3, -0.25) is 4.57 Å². The molecule has 8 heteroatoms. The van der Waals surface area contributed by atoms with Gasteiger partial charge in [-0.1, -0.05) is 13.3 Å². The summed E-state index contributed by atoms with van der Waals surface area (Å²) >= 11 is 0. The third-order valence-corrected chi connectivity index (χ3v) is 4.52. The third kappa shape index (κ3) is 2.96. The van der Waals surface area contributed by atoms with E-state index in [1.54, 1.807) is 11.7 Å². The van der Waals surface area contributed by atoms with E-state index in [0.29, 0.717) is 24.9 Å².